The smallest absolute Gasteiger partial charge is 0.238 e. The second kappa shape index (κ2) is 7.62. The molecule has 9 heteroatoms. The van der Waals surface area contributed by atoms with Gasteiger partial charge in [-0.25, -0.2) is 13.6 Å². The van der Waals surface area contributed by atoms with Crippen LogP contribution in [0.5, 0.6) is 0 Å². The predicted octanol–water partition coefficient (Wildman–Crippen LogP) is 3.12. The average Bonchev–Trinajstić information content (AvgIpc) is 3.26. The lowest BCUT2D eigenvalue weighted by atomic mass is 9.75. The van der Waals surface area contributed by atoms with Gasteiger partial charge in [0.25, 0.3) is 0 Å². The lowest BCUT2D eigenvalue weighted by Gasteiger charge is -2.39. The number of aromatic amines is 1. The number of nitrogens with zero attached hydrogens (tertiary/aromatic N) is 2. The zero-order chi connectivity index (χ0) is 23.3. The van der Waals surface area contributed by atoms with Gasteiger partial charge in [-0.2, -0.15) is 5.26 Å². The number of anilines is 1. The predicted molar refractivity (Wildman–Crippen MR) is 124 cm³/mol. The van der Waals surface area contributed by atoms with Gasteiger partial charge in [-0.3, -0.25) is 9.69 Å². The van der Waals surface area contributed by atoms with Gasteiger partial charge in [-0.1, -0.05) is 6.07 Å². The van der Waals surface area contributed by atoms with Crippen molar-refractivity contribution < 1.29 is 13.2 Å². The van der Waals surface area contributed by atoms with E-state index in [1.54, 1.807) is 17.0 Å². The summed E-state index contributed by atoms with van der Waals surface area (Å²) < 4.78 is 23.3. The third kappa shape index (κ3) is 3.40. The molecule has 2 aliphatic rings. The minimum Gasteiger partial charge on any atom is -0.384 e. The minimum atomic E-state index is -3.85. The van der Waals surface area contributed by atoms with Gasteiger partial charge in [0.1, 0.15) is 5.82 Å². The van der Waals surface area contributed by atoms with Crippen LogP contribution in [-0.2, 0) is 14.8 Å². The maximum atomic E-state index is 13.2. The fraction of sp³-hybridized carbons (Fsp3) is 0.167. The maximum Gasteiger partial charge on any atom is 0.238 e. The van der Waals surface area contributed by atoms with Crippen molar-refractivity contribution in [1.82, 2.24) is 4.98 Å². The van der Waals surface area contributed by atoms with Gasteiger partial charge in [0.15, 0.2) is 5.78 Å². The van der Waals surface area contributed by atoms with Crippen LogP contribution in [0.15, 0.2) is 82.3 Å². The molecule has 8 nitrogen and oxygen atoms in total. The molecule has 2 aromatic carbocycles. The number of allylic oxidation sites excluding steroid dienone is 3. The molecule has 1 atom stereocenters. The van der Waals surface area contributed by atoms with Crippen LogP contribution in [0.25, 0.3) is 10.9 Å². The molecule has 5 rings (SSSR count). The van der Waals surface area contributed by atoms with Gasteiger partial charge in [-0.05, 0) is 66.3 Å². The molecule has 5 N–H and O–H groups in total. The van der Waals surface area contributed by atoms with E-state index < -0.39 is 15.9 Å². The van der Waals surface area contributed by atoms with Crippen molar-refractivity contribution >= 4 is 32.4 Å². The highest BCUT2D eigenvalue weighted by molar-refractivity contribution is 7.89. The van der Waals surface area contributed by atoms with E-state index in [2.05, 4.69) is 11.1 Å². The fourth-order valence-electron chi connectivity index (χ4n) is 4.75. The van der Waals surface area contributed by atoms with Crippen LogP contribution >= 0.6 is 0 Å². The van der Waals surface area contributed by atoms with E-state index in [4.69, 9.17) is 10.9 Å². The molecule has 1 aliphatic heterocycles. The number of nitrogens with two attached hydrogens (primary N) is 2. The van der Waals surface area contributed by atoms with Gasteiger partial charge in [-0.15, -0.1) is 0 Å². The SMILES string of the molecule is N#CC1=C(N)N(c2ccc(S(N)(=O)=O)cc2)C2=C(C(=O)CCC2)[C@@H]1c1ccc2[nH]ccc2c1. The molecule has 1 aromatic heterocycles. The number of Topliss-reactive ketones (excluding diaryl/α,β-unsaturated/α-hetero) is 1. The van der Waals surface area contributed by atoms with E-state index in [1.807, 2.05) is 30.5 Å². The van der Waals surface area contributed by atoms with Crippen LogP contribution in [0.2, 0.25) is 0 Å². The number of fused-ring (bicyclic) bond motifs is 1. The number of hydrogen-bond acceptors (Lipinski definition) is 6. The number of carbonyl (C=O) groups excluding carboxylic acids is 1. The van der Waals surface area contributed by atoms with Crippen LogP contribution < -0.4 is 15.8 Å². The highest BCUT2D eigenvalue weighted by atomic mass is 32.2. The molecule has 0 bridgehead atoms. The Morgan fingerprint density at radius 2 is 1.85 bits per heavy atom. The average molecular weight is 460 g/mol. The number of hydrogen-bond donors (Lipinski definition) is 3. The van der Waals surface area contributed by atoms with Gasteiger partial charge < -0.3 is 10.7 Å². The number of carbonyl (C=O) groups is 1. The first-order chi connectivity index (χ1) is 15.8. The van der Waals surface area contributed by atoms with Crippen molar-refractivity contribution in [1.29, 1.82) is 5.26 Å². The lowest BCUT2D eigenvalue weighted by Crippen LogP contribution is -2.38. The number of nitrogens with one attached hydrogen (secondary N) is 1. The Hall–Kier alpha value is -3.87. The molecule has 0 amide bonds. The van der Waals surface area contributed by atoms with Crippen molar-refractivity contribution in [2.24, 2.45) is 10.9 Å². The summed E-state index contributed by atoms with van der Waals surface area (Å²) >= 11 is 0. The van der Waals surface area contributed by atoms with E-state index in [1.165, 1.54) is 12.1 Å². The third-order valence-corrected chi connectivity index (χ3v) is 7.18. The molecule has 0 saturated carbocycles. The monoisotopic (exact) mass is 459 g/mol. The number of ketones is 1. The normalized spacial score (nSPS) is 19.1. The zero-order valence-electron chi connectivity index (χ0n) is 17.6. The van der Waals surface area contributed by atoms with Gasteiger partial charge in [0, 0.05) is 35.1 Å². The van der Waals surface area contributed by atoms with Crippen LogP contribution in [0.1, 0.15) is 30.7 Å². The molecular formula is C24H21N5O3S. The van der Waals surface area contributed by atoms with Crippen molar-refractivity contribution in [2.75, 3.05) is 4.90 Å². The van der Waals surface area contributed by atoms with Crippen molar-refractivity contribution in [2.45, 2.75) is 30.1 Å². The van der Waals surface area contributed by atoms with Gasteiger partial charge in [0.05, 0.1) is 22.5 Å². The molecule has 0 radical (unpaired) electrons. The molecular weight excluding hydrogens is 438 g/mol. The maximum absolute atomic E-state index is 13.2. The Morgan fingerprint density at radius 1 is 1.09 bits per heavy atom. The van der Waals surface area contributed by atoms with Gasteiger partial charge >= 0.3 is 0 Å². The summed E-state index contributed by atoms with van der Waals surface area (Å²) in [7, 11) is -3.85. The Morgan fingerprint density at radius 3 is 2.55 bits per heavy atom. The molecule has 1 aliphatic carbocycles. The summed E-state index contributed by atoms with van der Waals surface area (Å²) in [6.07, 6.45) is 3.52. The number of H-pyrrole nitrogens is 1. The molecule has 2 heterocycles. The molecule has 0 saturated heterocycles. The Bertz CT molecular complexity index is 1510. The first kappa shape index (κ1) is 21.0. The first-order valence-electron chi connectivity index (χ1n) is 10.5. The third-order valence-electron chi connectivity index (χ3n) is 6.25. The number of primary sulfonamides is 1. The summed E-state index contributed by atoms with van der Waals surface area (Å²) in [6, 6.07) is 15.9. The summed E-state index contributed by atoms with van der Waals surface area (Å²) in [5, 5.41) is 16.3. The van der Waals surface area contributed by atoms with Crippen molar-refractivity contribution in [3.8, 4) is 6.07 Å². The standard InChI is InChI=1S/C24H21N5O3S/c25-13-18-22(15-4-9-19-14(12-15)10-11-28-19)23-20(2-1-3-21(23)30)29(24(18)26)16-5-7-17(8-6-16)33(27,31)32/h4-12,22,28H,1-3,26H2,(H2,27,31,32)/t22-/m1/s1. The molecule has 33 heavy (non-hydrogen) atoms. The largest absolute Gasteiger partial charge is 0.384 e. The van der Waals surface area contributed by atoms with E-state index in [9.17, 15) is 18.5 Å². The summed E-state index contributed by atoms with van der Waals surface area (Å²) in [6.45, 7) is 0. The van der Waals surface area contributed by atoms with Gasteiger partial charge in [0.2, 0.25) is 10.0 Å². The topological polar surface area (TPSA) is 146 Å². The highest BCUT2D eigenvalue weighted by Gasteiger charge is 2.40. The molecule has 3 aromatic rings. The molecule has 166 valence electrons. The molecule has 0 spiro atoms. The lowest BCUT2D eigenvalue weighted by molar-refractivity contribution is -0.116. The summed E-state index contributed by atoms with van der Waals surface area (Å²) in [5.74, 6) is -0.340. The van der Waals surface area contributed by atoms with E-state index >= 15 is 0 Å². The Kier molecular flexibility index (Phi) is 4.85. The number of rotatable bonds is 3. The summed E-state index contributed by atoms with van der Waals surface area (Å²) in [5.41, 5.74) is 10.5. The van der Waals surface area contributed by atoms with E-state index in [0.717, 1.165) is 22.2 Å². The van der Waals surface area contributed by atoms with Crippen LogP contribution in [-0.4, -0.2) is 19.2 Å². The van der Waals surface area contributed by atoms with Crippen LogP contribution in [0.3, 0.4) is 0 Å². The zero-order valence-corrected chi connectivity index (χ0v) is 18.4. The number of benzene rings is 2. The van der Waals surface area contributed by atoms with Crippen molar-refractivity contribution in [3.05, 3.63) is 83.0 Å². The van der Waals surface area contributed by atoms with E-state index in [0.29, 0.717) is 30.5 Å². The Labute approximate surface area is 190 Å². The second-order valence-corrected chi connectivity index (χ2v) is 9.74. The highest BCUT2D eigenvalue weighted by Crippen LogP contribution is 2.46. The molecule has 0 unspecified atom stereocenters. The van der Waals surface area contributed by atoms with Crippen LogP contribution in [0, 0.1) is 11.3 Å². The molecule has 0 fully saturated rings. The van der Waals surface area contributed by atoms with E-state index in [-0.39, 0.29) is 22.1 Å². The second-order valence-electron chi connectivity index (χ2n) is 8.18. The first-order valence-corrected chi connectivity index (χ1v) is 12.0. The minimum absolute atomic E-state index is 0.0122. The van der Waals surface area contributed by atoms with Crippen LogP contribution in [0.4, 0.5) is 5.69 Å². The Balaban J connectivity index is 1.71. The number of sulfonamides is 1. The number of nitriles is 1. The van der Waals surface area contributed by atoms with Crippen molar-refractivity contribution in [3.63, 3.8) is 0 Å². The summed E-state index contributed by atoms with van der Waals surface area (Å²) in [4.78, 5) is 18.0. The quantitative estimate of drug-likeness (QED) is 0.548. The fourth-order valence-corrected chi connectivity index (χ4v) is 5.27. The number of aromatic nitrogens is 1.